The smallest absolute Gasteiger partial charge is 0.148 e. The second-order valence-corrected chi connectivity index (χ2v) is 1.73. The lowest BCUT2D eigenvalue weighted by Gasteiger charge is -2.03. The average Bonchev–Trinajstić information content (AvgIpc) is 1.87. The van der Waals surface area contributed by atoms with E-state index in [4.69, 9.17) is 5.11 Å². The number of aldehydes is 1. The van der Waals surface area contributed by atoms with Crippen molar-refractivity contribution in [3.05, 3.63) is 24.8 Å². The van der Waals surface area contributed by atoms with Crippen LogP contribution in [-0.4, -0.2) is 17.5 Å². The lowest BCUT2D eigenvalue weighted by molar-refractivity contribution is -0.105. The molecule has 0 aromatic carbocycles. The molecular weight excluding hydrogens is 116 g/mol. The summed E-state index contributed by atoms with van der Waals surface area (Å²) in [4.78, 5) is 9.93. The largest absolute Gasteiger partial charge is 0.388 e. The van der Waals surface area contributed by atoms with Gasteiger partial charge in [-0.2, -0.15) is 0 Å². The van der Waals surface area contributed by atoms with Crippen LogP contribution in [0, 0.1) is 0 Å². The van der Waals surface area contributed by atoms with Crippen molar-refractivity contribution >= 4 is 6.29 Å². The van der Waals surface area contributed by atoms with Gasteiger partial charge in [-0.25, -0.2) is 0 Å². The van der Waals surface area contributed by atoms with Crippen LogP contribution in [0.1, 0.15) is 6.42 Å². The van der Waals surface area contributed by atoms with E-state index in [1.807, 2.05) is 0 Å². The van der Waals surface area contributed by atoms with Crippen LogP contribution >= 0.6 is 0 Å². The summed E-state index contributed by atoms with van der Waals surface area (Å²) >= 11 is 0. The first-order valence-corrected chi connectivity index (χ1v) is 2.65. The highest BCUT2D eigenvalue weighted by Gasteiger charge is 2.03. The highest BCUT2D eigenvalue weighted by atomic mass is 16.3. The van der Waals surface area contributed by atoms with Crippen molar-refractivity contribution in [3.8, 4) is 0 Å². The van der Waals surface area contributed by atoms with Gasteiger partial charge in [-0.1, -0.05) is 12.7 Å². The molecule has 0 bridgehead atoms. The first kappa shape index (κ1) is 8.11. The third kappa shape index (κ3) is 2.82. The second kappa shape index (κ2) is 4.04. The van der Waals surface area contributed by atoms with E-state index in [1.54, 1.807) is 6.08 Å². The summed E-state index contributed by atoms with van der Waals surface area (Å²) in [6.45, 7) is 6.73. The Kier molecular flexibility index (Phi) is 3.64. The minimum absolute atomic E-state index is 0.204. The molecule has 0 aliphatic carbocycles. The van der Waals surface area contributed by atoms with Crippen LogP contribution < -0.4 is 0 Å². The lowest BCUT2D eigenvalue weighted by atomic mass is 10.1. The third-order valence-electron chi connectivity index (χ3n) is 0.969. The van der Waals surface area contributed by atoms with Crippen molar-refractivity contribution in [1.82, 2.24) is 0 Å². The number of carbonyl (C=O) groups is 1. The molecule has 2 nitrogen and oxygen atoms in total. The Balaban J connectivity index is 3.71. The molecule has 0 rings (SSSR count). The van der Waals surface area contributed by atoms with E-state index in [0.717, 1.165) is 0 Å². The summed E-state index contributed by atoms with van der Waals surface area (Å²) in [5.74, 6) is 0. The van der Waals surface area contributed by atoms with E-state index >= 15 is 0 Å². The van der Waals surface area contributed by atoms with E-state index in [-0.39, 0.29) is 5.57 Å². The van der Waals surface area contributed by atoms with Crippen LogP contribution in [0.2, 0.25) is 0 Å². The fourth-order valence-corrected chi connectivity index (χ4v) is 0.388. The van der Waals surface area contributed by atoms with Crippen LogP contribution in [0.5, 0.6) is 0 Å². The van der Waals surface area contributed by atoms with Gasteiger partial charge >= 0.3 is 0 Å². The Bertz CT molecular complexity index is 127. The molecule has 1 unspecified atom stereocenters. The molecule has 1 N–H and O–H groups in total. The van der Waals surface area contributed by atoms with Crippen molar-refractivity contribution in [1.29, 1.82) is 0 Å². The quantitative estimate of drug-likeness (QED) is 0.341. The summed E-state index contributed by atoms with van der Waals surface area (Å²) in [5, 5.41) is 8.92. The minimum Gasteiger partial charge on any atom is -0.388 e. The normalized spacial score (nSPS) is 12.1. The van der Waals surface area contributed by atoms with Crippen LogP contribution in [0.25, 0.3) is 0 Å². The standard InChI is InChI=1S/C7H10O2/c1-3-4-7(9)6(2)5-8/h3,5,7,9H,1-2,4H2. The topological polar surface area (TPSA) is 37.3 Å². The maximum absolute atomic E-state index is 9.93. The Labute approximate surface area is 54.5 Å². The molecule has 9 heavy (non-hydrogen) atoms. The number of hydrogen-bond acceptors (Lipinski definition) is 2. The Morgan fingerprint density at radius 3 is 2.67 bits per heavy atom. The van der Waals surface area contributed by atoms with E-state index in [1.165, 1.54) is 0 Å². The van der Waals surface area contributed by atoms with Crippen molar-refractivity contribution in [3.63, 3.8) is 0 Å². The molecule has 0 radical (unpaired) electrons. The molecule has 0 aliphatic heterocycles. The van der Waals surface area contributed by atoms with Gasteiger partial charge in [0, 0.05) is 5.57 Å². The Morgan fingerprint density at radius 2 is 2.33 bits per heavy atom. The van der Waals surface area contributed by atoms with Gasteiger partial charge in [0.05, 0.1) is 6.10 Å². The average molecular weight is 126 g/mol. The lowest BCUT2D eigenvalue weighted by Crippen LogP contribution is -2.08. The van der Waals surface area contributed by atoms with E-state index in [2.05, 4.69) is 13.2 Å². The molecule has 0 saturated heterocycles. The molecule has 0 aliphatic rings. The van der Waals surface area contributed by atoms with Gasteiger partial charge in [-0.05, 0) is 6.42 Å². The van der Waals surface area contributed by atoms with E-state index in [0.29, 0.717) is 12.7 Å². The molecule has 0 spiro atoms. The number of carbonyl (C=O) groups excluding carboxylic acids is 1. The number of aliphatic hydroxyl groups excluding tert-OH is 1. The van der Waals surface area contributed by atoms with Gasteiger partial charge in [0.25, 0.3) is 0 Å². The summed E-state index contributed by atoms with van der Waals surface area (Å²) in [6, 6.07) is 0. The van der Waals surface area contributed by atoms with Crippen molar-refractivity contribution in [2.24, 2.45) is 0 Å². The molecule has 0 heterocycles. The first-order valence-electron chi connectivity index (χ1n) is 2.65. The fourth-order valence-electron chi connectivity index (χ4n) is 0.388. The van der Waals surface area contributed by atoms with Gasteiger partial charge in [0.2, 0.25) is 0 Å². The van der Waals surface area contributed by atoms with Crippen molar-refractivity contribution < 1.29 is 9.90 Å². The SMILES string of the molecule is C=CCC(O)C(=C)C=O. The third-order valence-corrected chi connectivity index (χ3v) is 0.969. The molecule has 1 atom stereocenters. The monoisotopic (exact) mass is 126 g/mol. The maximum atomic E-state index is 9.93. The van der Waals surface area contributed by atoms with Gasteiger partial charge in [-0.3, -0.25) is 4.79 Å². The zero-order chi connectivity index (χ0) is 7.28. The highest BCUT2D eigenvalue weighted by molar-refractivity contribution is 5.73. The number of aliphatic hydroxyl groups is 1. The second-order valence-electron chi connectivity index (χ2n) is 1.73. The van der Waals surface area contributed by atoms with Crippen molar-refractivity contribution in [2.75, 3.05) is 0 Å². The summed E-state index contributed by atoms with van der Waals surface area (Å²) in [5.41, 5.74) is 0.204. The molecule has 0 saturated carbocycles. The molecule has 0 fully saturated rings. The Morgan fingerprint density at radius 1 is 1.78 bits per heavy atom. The summed E-state index contributed by atoms with van der Waals surface area (Å²) in [7, 11) is 0. The number of rotatable bonds is 4. The van der Waals surface area contributed by atoms with Gasteiger partial charge in [-0.15, -0.1) is 6.58 Å². The molecule has 0 aromatic heterocycles. The Hall–Kier alpha value is -0.890. The highest BCUT2D eigenvalue weighted by Crippen LogP contribution is 2.00. The number of hydrogen-bond donors (Lipinski definition) is 1. The van der Waals surface area contributed by atoms with Crippen molar-refractivity contribution in [2.45, 2.75) is 12.5 Å². The predicted molar refractivity (Wildman–Crippen MR) is 36.0 cm³/mol. The maximum Gasteiger partial charge on any atom is 0.148 e. The first-order chi connectivity index (χ1) is 4.22. The van der Waals surface area contributed by atoms with Crippen LogP contribution in [0.3, 0.4) is 0 Å². The van der Waals surface area contributed by atoms with Crippen LogP contribution in [0.15, 0.2) is 24.8 Å². The zero-order valence-electron chi connectivity index (χ0n) is 5.21. The molecule has 0 aromatic rings. The van der Waals surface area contributed by atoms with Gasteiger partial charge in [0.15, 0.2) is 0 Å². The van der Waals surface area contributed by atoms with E-state index < -0.39 is 6.10 Å². The molecule has 0 amide bonds. The minimum atomic E-state index is -0.750. The molecule has 2 heteroatoms. The van der Waals surface area contributed by atoms with Crippen LogP contribution in [0.4, 0.5) is 0 Å². The van der Waals surface area contributed by atoms with Crippen LogP contribution in [-0.2, 0) is 4.79 Å². The fraction of sp³-hybridized carbons (Fsp3) is 0.286. The van der Waals surface area contributed by atoms with Gasteiger partial charge < -0.3 is 5.11 Å². The molecule has 50 valence electrons. The zero-order valence-corrected chi connectivity index (χ0v) is 5.21. The van der Waals surface area contributed by atoms with E-state index in [9.17, 15) is 4.79 Å². The molecular formula is C7H10O2. The predicted octanol–water partition coefficient (Wildman–Crippen LogP) is 0.678. The van der Waals surface area contributed by atoms with Gasteiger partial charge in [0.1, 0.15) is 6.29 Å². The summed E-state index contributed by atoms with van der Waals surface area (Å²) < 4.78 is 0. The summed E-state index contributed by atoms with van der Waals surface area (Å²) in [6.07, 6.45) is 1.73.